The summed E-state index contributed by atoms with van der Waals surface area (Å²) in [6.07, 6.45) is 5.11. The Morgan fingerprint density at radius 2 is 2.32 bits per heavy atom. The third kappa shape index (κ3) is 3.44. The van der Waals surface area contributed by atoms with E-state index in [2.05, 4.69) is 17.2 Å². The molecule has 5 heteroatoms. The van der Waals surface area contributed by atoms with Gasteiger partial charge in [0.2, 0.25) is 5.91 Å². The second-order valence-corrected chi connectivity index (χ2v) is 7.20. The molecule has 1 N–H and O–H groups in total. The van der Waals surface area contributed by atoms with E-state index in [-0.39, 0.29) is 17.5 Å². The average Bonchev–Trinajstić information content (AvgIpc) is 2.70. The van der Waals surface area contributed by atoms with Gasteiger partial charge in [0, 0.05) is 25.4 Å². The second-order valence-electron chi connectivity index (χ2n) is 6.24. The zero-order valence-electron chi connectivity index (χ0n) is 12.4. The summed E-state index contributed by atoms with van der Waals surface area (Å²) in [4.78, 5) is 18.0. The number of amidine groups is 1. The number of nitrogens with zero attached hydrogens (tertiary/aromatic N) is 2. The SMILES string of the molecule is CC1CCCC2(CSC(=NC(C)C(=O)N(C)C)N2)C1. The molecule has 1 saturated heterocycles. The number of hydrogen-bond donors (Lipinski definition) is 1. The fraction of sp³-hybridized carbons (Fsp3) is 0.857. The molecule has 3 unspecified atom stereocenters. The molecule has 2 fully saturated rings. The highest BCUT2D eigenvalue weighted by Crippen LogP contribution is 2.38. The maximum atomic E-state index is 11.8. The lowest BCUT2D eigenvalue weighted by molar-refractivity contribution is -0.129. The predicted molar refractivity (Wildman–Crippen MR) is 81.5 cm³/mol. The topological polar surface area (TPSA) is 44.7 Å². The minimum atomic E-state index is -0.291. The molecule has 4 nitrogen and oxygen atoms in total. The highest BCUT2D eigenvalue weighted by Gasteiger charge is 2.40. The quantitative estimate of drug-likeness (QED) is 0.844. The molecule has 3 atom stereocenters. The molecule has 1 spiro atoms. The van der Waals surface area contributed by atoms with Gasteiger partial charge in [-0.1, -0.05) is 31.5 Å². The Morgan fingerprint density at radius 1 is 1.58 bits per heavy atom. The highest BCUT2D eigenvalue weighted by molar-refractivity contribution is 8.14. The maximum absolute atomic E-state index is 11.8. The first-order valence-electron chi connectivity index (χ1n) is 7.12. The van der Waals surface area contributed by atoms with Gasteiger partial charge in [-0.05, 0) is 25.7 Å². The molecule has 1 aliphatic carbocycles. The second kappa shape index (κ2) is 5.73. The van der Waals surface area contributed by atoms with Crippen molar-refractivity contribution in [2.45, 2.75) is 51.1 Å². The average molecular weight is 283 g/mol. The van der Waals surface area contributed by atoms with E-state index in [0.29, 0.717) is 0 Å². The summed E-state index contributed by atoms with van der Waals surface area (Å²) in [7, 11) is 3.55. The molecule has 2 rings (SSSR count). The smallest absolute Gasteiger partial charge is 0.246 e. The normalized spacial score (nSPS) is 34.3. The van der Waals surface area contributed by atoms with Crippen molar-refractivity contribution in [1.82, 2.24) is 10.2 Å². The molecule has 0 aromatic rings. The Kier molecular flexibility index (Phi) is 4.43. The molecule has 0 bridgehead atoms. The minimum absolute atomic E-state index is 0.0628. The molecule has 0 aromatic heterocycles. The minimum Gasteiger partial charge on any atom is -0.359 e. The van der Waals surface area contributed by atoms with Crippen molar-refractivity contribution < 1.29 is 4.79 Å². The van der Waals surface area contributed by atoms with Crippen LogP contribution in [0, 0.1) is 5.92 Å². The number of rotatable bonds is 2. The van der Waals surface area contributed by atoms with Gasteiger partial charge in [-0.3, -0.25) is 4.79 Å². The summed E-state index contributed by atoms with van der Waals surface area (Å²) >= 11 is 1.78. The monoisotopic (exact) mass is 283 g/mol. The van der Waals surface area contributed by atoms with Crippen molar-refractivity contribution in [2.24, 2.45) is 10.9 Å². The predicted octanol–water partition coefficient (Wildman–Crippen LogP) is 2.10. The zero-order valence-corrected chi connectivity index (χ0v) is 13.2. The van der Waals surface area contributed by atoms with Gasteiger partial charge in [-0.15, -0.1) is 0 Å². The van der Waals surface area contributed by atoms with Crippen LogP contribution in [-0.4, -0.2) is 47.4 Å². The van der Waals surface area contributed by atoms with E-state index in [1.165, 1.54) is 25.7 Å². The first-order valence-corrected chi connectivity index (χ1v) is 8.10. The van der Waals surface area contributed by atoms with Crippen molar-refractivity contribution in [1.29, 1.82) is 0 Å². The van der Waals surface area contributed by atoms with E-state index in [1.54, 1.807) is 30.8 Å². The molecule has 2 aliphatic rings. The van der Waals surface area contributed by atoms with E-state index < -0.39 is 0 Å². The maximum Gasteiger partial charge on any atom is 0.246 e. The third-order valence-electron chi connectivity index (χ3n) is 4.06. The van der Waals surface area contributed by atoms with Crippen molar-refractivity contribution in [2.75, 3.05) is 19.8 Å². The zero-order chi connectivity index (χ0) is 14.0. The van der Waals surface area contributed by atoms with Gasteiger partial charge in [0.25, 0.3) is 0 Å². The van der Waals surface area contributed by atoms with Crippen LogP contribution < -0.4 is 5.32 Å². The molecule has 1 aliphatic heterocycles. The van der Waals surface area contributed by atoms with Crippen LogP contribution in [0.2, 0.25) is 0 Å². The Morgan fingerprint density at radius 3 is 2.95 bits per heavy atom. The first-order chi connectivity index (χ1) is 8.92. The number of amides is 1. The van der Waals surface area contributed by atoms with E-state index in [4.69, 9.17) is 0 Å². The molecular formula is C14H25N3OS. The van der Waals surface area contributed by atoms with Gasteiger partial charge in [-0.2, -0.15) is 0 Å². The van der Waals surface area contributed by atoms with Crippen LogP contribution in [-0.2, 0) is 4.79 Å². The Labute approximate surface area is 120 Å². The first kappa shape index (κ1) is 14.7. The molecule has 1 saturated carbocycles. The summed E-state index contributed by atoms with van der Waals surface area (Å²) in [5, 5.41) is 4.56. The largest absolute Gasteiger partial charge is 0.359 e. The number of aliphatic imine (C=N–C) groups is 1. The lowest BCUT2D eigenvalue weighted by atomic mass is 9.78. The third-order valence-corrected chi connectivity index (χ3v) is 5.24. The molecule has 1 heterocycles. The standard InChI is InChI=1S/C14H25N3OS/c1-10-6-5-7-14(8-10)9-19-13(16-14)15-11(2)12(18)17(3)4/h10-11H,5-9H2,1-4H3,(H,15,16). The number of nitrogens with one attached hydrogen (secondary N) is 1. The Hall–Kier alpha value is -0.710. The van der Waals surface area contributed by atoms with Crippen LogP contribution in [0.5, 0.6) is 0 Å². The molecule has 0 aromatic carbocycles. The van der Waals surface area contributed by atoms with Crippen LogP contribution in [0.4, 0.5) is 0 Å². The number of thioether (sulfide) groups is 1. The number of carbonyl (C=O) groups excluding carboxylic acids is 1. The van der Waals surface area contributed by atoms with E-state index >= 15 is 0 Å². The van der Waals surface area contributed by atoms with Crippen LogP contribution in [0.15, 0.2) is 4.99 Å². The van der Waals surface area contributed by atoms with E-state index in [0.717, 1.165) is 16.8 Å². The van der Waals surface area contributed by atoms with Crippen LogP contribution in [0.3, 0.4) is 0 Å². The fourth-order valence-corrected chi connectivity index (χ4v) is 4.35. The Balaban J connectivity index is 1.99. The molecule has 108 valence electrons. The fourth-order valence-electron chi connectivity index (χ4n) is 3.08. The van der Waals surface area contributed by atoms with Gasteiger partial charge >= 0.3 is 0 Å². The summed E-state index contributed by atoms with van der Waals surface area (Å²) in [5.74, 6) is 1.95. The lowest BCUT2D eigenvalue weighted by Gasteiger charge is -2.36. The summed E-state index contributed by atoms with van der Waals surface area (Å²) in [6.45, 7) is 4.20. The van der Waals surface area contributed by atoms with Crippen LogP contribution in [0.25, 0.3) is 0 Å². The van der Waals surface area contributed by atoms with Gasteiger partial charge in [-0.25, -0.2) is 4.99 Å². The van der Waals surface area contributed by atoms with E-state index in [1.807, 2.05) is 6.92 Å². The molecular weight excluding hydrogens is 258 g/mol. The number of hydrogen-bond acceptors (Lipinski definition) is 3. The van der Waals surface area contributed by atoms with Crippen LogP contribution >= 0.6 is 11.8 Å². The van der Waals surface area contributed by atoms with Gasteiger partial charge < -0.3 is 10.2 Å². The number of carbonyl (C=O) groups is 1. The number of likely N-dealkylation sites (N-methyl/N-ethyl adjacent to an activating group) is 1. The summed E-state index contributed by atoms with van der Waals surface area (Å²) in [6, 6.07) is -0.291. The van der Waals surface area contributed by atoms with Crippen molar-refractivity contribution >= 4 is 22.8 Å². The van der Waals surface area contributed by atoms with Crippen molar-refractivity contribution in [3.05, 3.63) is 0 Å². The highest BCUT2D eigenvalue weighted by atomic mass is 32.2. The van der Waals surface area contributed by atoms with Gasteiger partial charge in [0.15, 0.2) is 5.17 Å². The van der Waals surface area contributed by atoms with Crippen molar-refractivity contribution in [3.63, 3.8) is 0 Å². The Bertz CT molecular complexity index is 383. The van der Waals surface area contributed by atoms with Crippen molar-refractivity contribution in [3.8, 4) is 0 Å². The van der Waals surface area contributed by atoms with E-state index in [9.17, 15) is 4.79 Å². The van der Waals surface area contributed by atoms with Gasteiger partial charge in [0.1, 0.15) is 6.04 Å². The molecule has 0 radical (unpaired) electrons. The van der Waals surface area contributed by atoms with Crippen LogP contribution in [0.1, 0.15) is 39.5 Å². The summed E-state index contributed by atoms with van der Waals surface area (Å²) in [5.41, 5.74) is 0.238. The lowest BCUT2D eigenvalue weighted by Crippen LogP contribution is -2.47. The van der Waals surface area contributed by atoms with Gasteiger partial charge in [0.05, 0.1) is 0 Å². The summed E-state index contributed by atoms with van der Waals surface area (Å²) < 4.78 is 0. The molecule has 1 amide bonds. The molecule has 19 heavy (non-hydrogen) atoms.